The SMILES string of the molecule is CCC(C)c1cncc(F)c1N. The lowest BCUT2D eigenvalue weighted by atomic mass is 9.99. The summed E-state index contributed by atoms with van der Waals surface area (Å²) >= 11 is 0. The van der Waals surface area contributed by atoms with Gasteiger partial charge in [-0.05, 0) is 17.9 Å². The van der Waals surface area contributed by atoms with Crippen molar-refractivity contribution in [3.05, 3.63) is 23.8 Å². The first-order valence-corrected chi connectivity index (χ1v) is 4.05. The number of nitrogens with zero attached hydrogens (tertiary/aromatic N) is 1. The van der Waals surface area contributed by atoms with Crippen LogP contribution in [0.15, 0.2) is 12.4 Å². The molecule has 0 aromatic carbocycles. The van der Waals surface area contributed by atoms with Crippen molar-refractivity contribution in [3.63, 3.8) is 0 Å². The van der Waals surface area contributed by atoms with Crippen molar-refractivity contribution in [2.75, 3.05) is 5.73 Å². The molecule has 0 bridgehead atoms. The Hall–Kier alpha value is -1.12. The fraction of sp³-hybridized carbons (Fsp3) is 0.444. The number of pyridine rings is 1. The van der Waals surface area contributed by atoms with Gasteiger partial charge in [0.2, 0.25) is 0 Å². The van der Waals surface area contributed by atoms with E-state index in [1.165, 1.54) is 0 Å². The van der Waals surface area contributed by atoms with Crippen LogP contribution in [0.2, 0.25) is 0 Å². The minimum absolute atomic E-state index is 0.236. The van der Waals surface area contributed by atoms with Crippen molar-refractivity contribution in [2.24, 2.45) is 0 Å². The quantitative estimate of drug-likeness (QED) is 0.736. The fourth-order valence-corrected chi connectivity index (χ4v) is 1.07. The van der Waals surface area contributed by atoms with Crippen molar-refractivity contribution in [3.8, 4) is 0 Å². The molecule has 0 amide bonds. The Morgan fingerprint density at radius 2 is 2.25 bits per heavy atom. The van der Waals surface area contributed by atoms with Crippen LogP contribution in [-0.4, -0.2) is 4.98 Å². The molecular formula is C9H13FN2. The van der Waals surface area contributed by atoms with Crippen molar-refractivity contribution >= 4 is 5.69 Å². The Bertz CT molecular complexity index is 273. The summed E-state index contributed by atoms with van der Waals surface area (Å²) in [5.74, 6) is -0.152. The van der Waals surface area contributed by atoms with E-state index in [9.17, 15) is 4.39 Å². The van der Waals surface area contributed by atoms with E-state index in [-0.39, 0.29) is 11.6 Å². The summed E-state index contributed by atoms with van der Waals surface area (Å²) in [7, 11) is 0. The Morgan fingerprint density at radius 1 is 1.58 bits per heavy atom. The number of nitrogens with two attached hydrogens (primary N) is 1. The zero-order valence-corrected chi connectivity index (χ0v) is 7.34. The average Bonchev–Trinajstić information content (AvgIpc) is 2.08. The lowest BCUT2D eigenvalue weighted by Crippen LogP contribution is -2.02. The lowest BCUT2D eigenvalue weighted by molar-refractivity contribution is 0.618. The number of rotatable bonds is 2. The molecule has 2 nitrogen and oxygen atoms in total. The van der Waals surface area contributed by atoms with Crippen molar-refractivity contribution in [1.82, 2.24) is 4.98 Å². The average molecular weight is 168 g/mol. The lowest BCUT2D eigenvalue weighted by Gasteiger charge is -2.11. The van der Waals surface area contributed by atoms with Crippen LogP contribution in [0.4, 0.5) is 10.1 Å². The van der Waals surface area contributed by atoms with Crippen LogP contribution in [-0.2, 0) is 0 Å². The van der Waals surface area contributed by atoms with E-state index in [4.69, 9.17) is 5.73 Å². The van der Waals surface area contributed by atoms with Gasteiger partial charge in [0.25, 0.3) is 0 Å². The summed E-state index contributed by atoms with van der Waals surface area (Å²) in [4.78, 5) is 3.76. The molecule has 3 heteroatoms. The third-order valence-corrected chi connectivity index (χ3v) is 2.11. The maximum absolute atomic E-state index is 12.9. The van der Waals surface area contributed by atoms with E-state index in [0.717, 1.165) is 18.2 Å². The maximum Gasteiger partial charge on any atom is 0.164 e. The highest BCUT2D eigenvalue weighted by molar-refractivity contribution is 5.47. The molecule has 1 aromatic heterocycles. The molecule has 0 radical (unpaired) electrons. The first-order valence-electron chi connectivity index (χ1n) is 4.05. The molecule has 0 aliphatic heterocycles. The minimum Gasteiger partial charge on any atom is -0.396 e. The van der Waals surface area contributed by atoms with Gasteiger partial charge in [0.05, 0.1) is 11.9 Å². The molecule has 0 fully saturated rings. The zero-order valence-electron chi connectivity index (χ0n) is 7.34. The van der Waals surface area contributed by atoms with E-state index in [0.29, 0.717) is 0 Å². The van der Waals surface area contributed by atoms with E-state index in [2.05, 4.69) is 4.98 Å². The summed E-state index contributed by atoms with van der Waals surface area (Å²) in [6.45, 7) is 4.04. The Kier molecular flexibility index (Phi) is 2.63. The standard InChI is InChI=1S/C9H13FN2/c1-3-6(2)7-4-12-5-8(10)9(7)11/h4-6H,3H2,1-2H3,(H2,11,12). The van der Waals surface area contributed by atoms with Gasteiger partial charge in [-0.15, -0.1) is 0 Å². The fourth-order valence-electron chi connectivity index (χ4n) is 1.07. The van der Waals surface area contributed by atoms with Crippen LogP contribution < -0.4 is 5.73 Å². The predicted molar refractivity (Wildman–Crippen MR) is 47.3 cm³/mol. The van der Waals surface area contributed by atoms with E-state index in [1.54, 1.807) is 6.20 Å². The molecule has 66 valence electrons. The molecule has 0 saturated heterocycles. The number of hydrogen-bond donors (Lipinski definition) is 1. The largest absolute Gasteiger partial charge is 0.396 e. The molecular weight excluding hydrogens is 155 g/mol. The van der Waals surface area contributed by atoms with E-state index in [1.807, 2.05) is 13.8 Å². The number of anilines is 1. The highest BCUT2D eigenvalue weighted by Gasteiger charge is 2.10. The molecule has 0 aliphatic rings. The summed E-state index contributed by atoms with van der Waals surface area (Å²) < 4.78 is 12.9. The topological polar surface area (TPSA) is 38.9 Å². The summed E-state index contributed by atoms with van der Waals surface area (Å²) in [6, 6.07) is 0. The number of nitrogen functional groups attached to an aromatic ring is 1. The van der Waals surface area contributed by atoms with Crippen molar-refractivity contribution < 1.29 is 4.39 Å². The maximum atomic E-state index is 12.9. The molecule has 1 heterocycles. The van der Waals surface area contributed by atoms with Gasteiger partial charge in [0.1, 0.15) is 0 Å². The number of halogens is 1. The van der Waals surface area contributed by atoms with E-state index < -0.39 is 5.82 Å². The van der Waals surface area contributed by atoms with Crippen LogP contribution >= 0.6 is 0 Å². The first-order chi connectivity index (χ1) is 5.66. The second-order valence-corrected chi connectivity index (χ2v) is 2.93. The molecule has 1 aromatic rings. The zero-order chi connectivity index (χ0) is 9.14. The molecule has 2 N–H and O–H groups in total. The molecule has 1 atom stereocenters. The first kappa shape index (κ1) is 8.97. The monoisotopic (exact) mass is 168 g/mol. The van der Waals surface area contributed by atoms with Gasteiger partial charge in [-0.3, -0.25) is 4.98 Å². The molecule has 0 spiro atoms. The predicted octanol–water partition coefficient (Wildman–Crippen LogP) is 2.32. The summed E-state index contributed by atoms with van der Waals surface area (Å²) in [6.07, 6.45) is 3.71. The van der Waals surface area contributed by atoms with Crippen LogP contribution in [0.5, 0.6) is 0 Å². The highest BCUT2D eigenvalue weighted by Crippen LogP contribution is 2.25. The van der Waals surface area contributed by atoms with Gasteiger partial charge in [0, 0.05) is 6.20 Å². The summed E-state index contributed by atoms with van der Waals surface area (Å²) in [5, 5.41) is 0. The van der Waals surface area contributed by atoms with Gasteiger partial charge in [0.15, 0.2) is 5.82 Å². The Morgan fingerprint density at radius 3 is 2.83 bits per heavy atom. The van der Waals surface area contributed by atoms with Crippen LogP contribution in [0.25, 0.3) is 0 Å². The number of aromatic nitrogens is 1. The third kappa shape index (κ3) is 1.55. The van der Waals surface area contributed by atoms with Crippen LogP contribution in [0.1, 0.15) is 31.7 Å². The summed E-state index contributed by atoms with van der Waals surface area (Å²) in [5.41, 5.74) is 6.58. The van der Waals surface area contributed by atoms with Crippen LogP contribution in [0, 0.1) is 5.82 Å². The Labute approximate surface area is 71.6 Å². The molecule has 0 aliphatic carbocycles. The number of hydrogen-bond acceptors (Lipinski definition) is 2. The third-order valence-electron chi connectivity index (χ3n) is 2.11. The van der Waals surface area contributed by atoms with Gasteiger partial charge >= 0.3 is 0 Å². The molecule has 1 unspecified atom stereocenters. The molecule has 0 saturated carbocycles. The van der Waals surface area contributed by atoms with Crippen molar-refractivity contribution in [2.45, 2.75) is 26.2 Å². The normalized spacial score (nSPS) is 12.9. The molecule has 12 heavy (non-hydrogen) atoms. The second kappa shape index (κ2) is 3.52. The van der Waals surface area contributed by atoms with Gasteiger partial charge < -0.3 is 5.73 Å². The van der Waals surface area contributed by atoms with Crippen LogP contribution in [0.3, 0.4) is 0 Å². The van der Waals surface area contributed by atoms with E-state index >= 15 is 0 Å². The van der Waals surface area contributed by atoms with Crippen molar-refractivity contribution in [1.29, 1.82) is 0 Å². The van der Waals surface area contributed by atoms with Gasteiger partial charge in [-0.1, -0.05) is 13.8 Å². The second-order valence-electron chi connectivity index (χ2n) is 2.93. The smallest absolute Gasteiger partial charge is 0.164 e. The highest BCUT2D eigenvalue weighted by atomic mass is 19.1. The minimum atomic E-state index is -0.423. The van der Waals surface area contributed by atoms with Gasteiger partial charge in [-0.25, -0.2) is 4.39 Å². The molecule has 1 rings (SSSR count). The van der Waals surface area contributed by atoms with Gasteiger partial charge in [-0.2, -0.15) is 0 Å². The Balaban J connectivity index is 3.07.